The molecule has 8 heteroatoms. The molecular formula is C17H17N5O2S. The minimum Gasteiger partial charge on any atom is -0.355 e. The zero-order chi connectivity index (χ0) is 18.0. The molecule has 0 spiro atoms. The first-order chi connectivity index (χ1) is 12.0. The lowest BCUT2D eigenvalue weighted by Gasteiger charge is -2.04. The highest BCUT2D eigenvalue weighted by molar-refractivity contribution is 7.99. The van der Waals surface area contributed by atoms with Crippen LogP contribution in [0.2, 0.25) is 0 Å². The number of H-pyrrole nitrogens is 1. The van der Waals surface area contributed by atoms with E-state index < -0.39 is 0 Å². The third-order valence-electron chi connectivity index (χ3n) is 3.84. The number of rotatable bonds is 6. The van der Waals surface area contributed by atoms with Crippen LogP contribution in [0.1, 0.15) is 39.0 Å². The van der Waals surface area contributed by atoms with Crippen molar-refractivity contribution >= 4 is 23.3 Å². The van der Waals surface area contributed by atoms with Crippen molar-refractivity contribution in [3.05, 3.63) is 52.8 Å². The molecule has 0 bridgehead atoms. The topological polar surface area (TPSA) is 93.5 Å². The number of hydrogen-bond donors (Lipinski definition) is 1. The van der Waals surface area contributed by atoms with Gasteiger partial charge in [0.1, 0.15) is 0 Å². The van der Waals surface area contributed by atoms with E-state index in [1.807, 2.05) is 30.3 Å². The van der Waals surface area contributed by atoms with Gasteiger partial charge < -0.3 is 4.98 Å². The second kappa shape index (κ2) is 7.02. The number of ketones is 2. The first kappa shape index (κ1) is 17.1. The molecule has 3 rings (SSSR count). The average Bonchev–Trinajstić information content (AvgIpc) is 3.17. The summed E-state index contributed by atoms with van der Waals surface area (Å²) in [7, 11) is 0. The zero-order valence-corrected chi connectivity index (χ0v) is 14.9. The van der Waals surface area contributed by atoms with Gasteiger partial charge in [0.25, 0.3) is 0 Å². The number of aryl methyl sites for hydroxylation is 1. The number of aromatic nitrogens is 5. The van der Waals surface area contributed by atoms with E-state index in [4.69, 9.17) is 0 Å². The summed E-state index contributed by atoms with van der Waals surface area (Å²) in [6.07, 6.45) is 0. The number of tetrazole rings is 1. The molecule has 128 valence electrons. The fourth-order valence-electron chi connectivity index (χ4n) is 2.76. The molecule has 2 heterocycles. The second-order valence-corrected chi connectivity index (χ2v) is 6.54. The van der Waals surface area contributed by atoms with Gasteiger partial charge in [0.15, 0.2) is 11.6 Å². The molecule has 0 saturated heterocycles. The molecule has 2 aromatic heterocycles. The van der Waals surface area contributed by atoms with Crippen LogP contribution in [0.15, 0.2) is 35.5 Å². The van der Waals surface area contributed by atoms with Gasteiger partial charge in [-0.15, -0.1) is 5.10 Å². The minimum absolute atomic E-state index is 0.0500. The highest BCUT2D eigenvalue weighted by Gasteiger charge is 2.20. The van der Waals surface area contributed by atoms with E-state index in [-0.39, 0.29) is 17.3 Å². The smallest absolute Gasteiger partial charge is 0.214 e. The monoisotopic (exact) mass is 355 g/mol. The molecule has 0 amide bonds. The number of carbonyl (C=O) groups is 2. The lowest BCUT2D eigenvalue weighted by Crippen LogP contribution is -2.07. The number of para-hydroxylation sites is 1. The molecule has 0 unspecified atom stereocenters. The first-order valence-corrected chi connectivity index (χ1v) is 8.67. The Hall–Kier alpha value is -2.74. The molecule has 0 saturated carbocycles. The minimum atomic E-state index is -0.0966. The van der Waals surface area contributed by atoms with Crippen LogP contribution in [-0.4, -0.2) is 42.5 Å². The van der Waals surface area contributed by atoms with E-state index in [0.29, 0.717) is 27.7 Å². The summed E-state index contributed by atoms with van der Waals surface area (Å²) < 4.78 is 1.59. The van der Waals surface area contributed by atoms with Crippen LogP contribution < -0.4 is 0 Å². The number of carbonyl (C=O) groups excluding carboxylic acids is 2. The first-order valence-electron chi connectivity index (χ1n) is 7.69. The van der Waals surface area contributed by atoms with E-state index in [2.05, 4.69) is 20.5 Å². The summed E-state index contributed by atoms with van der Waals surface area (Å²) in [5.74, 6) is 0.0254. The highest BCUT2D eigenvalue weighted by Crippen LogP contribution is 2.23. The molecule has 25 heavy (non-hydrogen) atoms. The Morgan fingerprint density at radius 2 is 1.92 bits per heavy atom. The van der Waals surface area contributed by atoms with Crippen LogP contribution in [-0.2, 0) is 0 Å². The van der Waals surface area contributed by atoms with Gasteiger partial charge in [-0.3, -0.25) is 9.59 Å². The van der Waals surface area contributed by atoms with E-state index >= 15 is 0 Å². The highest BCUT2D eigenvalue weighted by atomic mass is 32.2. The van der Waals surface area contributed by atoms with Crippen molar-refractivity contribution in [3.8, 4) is 5.69 Å². The summed E-state index contributed by atoms with van der Waals surface area (Å²) in [6.45, 7) is 5.08. The van der Waals surface area contributed by atoms with E-state index in [0.717, 1.165) is 5.69 Å². The van der Waals surface area contributed by atoms with Crippen LogP contribution in [0.4, 0.5) is 0 Å². The summed E-state index contributed by atoms with van der Waals surface area (Å²) in [5.41, 5.74) is 3.29. The Labute approximate surface area is 148 Å². The molecule has 0 aliphatic rings. The van der Waals surface area contributed by atoms with Crippen LogP contribution >= 0.6 is 11.8 Å². The van der Waals surface area contributed by atoms with Crippen molar-refractivity contribution in [1.82, 2.24) is 25.2 Å². The molecule has 0 aliphatic heterocycles. The summed E-state index contributed by atoms with van der Waals surface area (Å²) in [4.78, 5) is 27.3. The van der Waals surface area contributed by atoms with Crippen molar-refractivity contribution in [3.63, 3.8) is 0 Å². The van der Waals surface area contributed by atoms with Crippen molar-refractivity contribution in [2.24, 2.45) is 0 Å². The van der Waals surface area contributed by atoms with Gasteiger partial charge in [-0.05, 0) is 48.9 Å². The fraction of sp³-hybridized carbons (Fsp3) is 0.235. The molecular weight excluding hydrogens is 338 g/mol. The van der Waals surface area contributed by atoms with E-state index in [1.165, 1.54) is 18.7 Å². The molecule has 1 aromatic carbocycles. The maximum Gasteiger partial charge on any atom is 0.214 e. The lowest BCUT2D eigenvalue weighted by atomic mass is 10.1. The SMILES string of the molecule is CC(=O)c1c(C)[nH]c(C(=O)CSc2nnnn2-c2ccccc2)c1C. The van der Waals surface area contributed by atoms with E-state index in [9.17, 15) is 9.59 Å². The summed E-state index contributed by atoms with van der Waals surface area (Å²) >= 11 is 1.26. The van der Waals surface area contributed by atoms with Crippen molar-refractivity contribution in [1.29, 1.82) is 0 Å². The van der Waals surface area contributed by atoms with Crippen molar-refractivity contribution in [2.45, 2.75) is 25.9 Å². The Morgan fingerprint density at radius 3 is 2.56 bits per heavy atom. The number of nitrogens with zero attached hydrogens (tertiary/aromatic N) is 4. The fourth-order valence-corrected chi connectivity index (χ4v) is 3.52. The van der Waals surface area contributed by atoms with Gasteiger partial charge in [0.05, 0.1) is 17.1 Å². The lowest BCUT2D eigenvalue weighted by molar-refractivity contribution is 0.101. The number of benzene rings is 1. The van der Waals surface area contributed by atoms with Gasteiger partial charge in [-0.2, -0.15) is 4.68 Å². The number of thioether (sulfide) groups is 1. The molecule has 1 N–H and O–H groups in total. The van der Waals surface area contributed by atoms with Gasteiger partial charge in [0, 0.05) is 11.3 Å². The maximum absolute atomic E-state index is 12.6. The number of nitrogens with one attached hydrogen (secondary N) is 1. The maximum atomic E-state index is 12.6. The third kappa shape index (κ3) is 3.39. The van der Waals surface area contributed by atoms with Gasteiger partial charge >= 0.3 is 0 Å². The number of hydrogen-bond acceptors (Lipinski definition) is 6. The van der Waals surface area contributed by atoms with Crippen LogP contribution in [0.5, 0.6) is 0 Å². The summed E-state index contributed by atoms with van der Waals surface area (Å²) in [5, 5.41) is 12.2. The average molecular weight is 355 g/mol. The Morgan fingerprint density at radius 1 is 1.20 bits per heavy atom. The molecule has 3 aromatic rings. The van der Waals surface area contributed by atoms with E-state index in [1.54, 1.807) is 18.5 Å². The number of aromatic amines is 1. The Balaban J connectivity index is 1.78. The summed E-state index contributed by atoms with van der Waals surface area (Å²) in [6, 6.07) is 9.48. The third-order valence-corrected chi connectivity index (χ3v) is 4.76. The second-order valence-electron chi connectivity index (χ2n) is 5.60. The van der Waals surface area contributed by atoms with Crippen molar-refractivity contribution < 1.29 is 9.59 Å². The predicted molar refractivity (Wildman–Crippen MR) is 94.5 cm³/mol. The van der Waals surface area contributed by atoms with Crippen LogP contribution in [0.3, 0.4) is 0 Å². The van der Waals surface area contributed by atoms with Crippen molar-refractivity contribution in [2.75, 3.05) is 5.75 Å². The largest absolute Gasteiger partial charge is 0.355 e. The molecule has 0 fully saturated rings. The van der Waals surface area contributed by atoms with Crippen LogP contribution in [0.25, 0.3) is 5.69 Å². The molecule has 7 nitrogen and oxygen atoms in total. The normalized spacial score (nSPS) is 10.8. The van der Waals surface area contributed by atoms with Crippen LogP contribution in [0, 0.1) is 13.8 Å². The van der Waals surface area contributed by atoms with Gasteiger partial charge in [-0.1, -0.05) is 30.0 Å². The molecule has 0 aliphatic carbocycles. The standard InChI is InChI=1S/C17H17N5O2S/c1-10-15(12(3)23)11(2)18-16(10)14(24)9-25-17-19-20-21-22(17)13-7-5-4-6-8-13/h4-8,18H,9H2,1-3H3. The molecule has 0 atom stereocenters. The molecule has 0 radical (unpaired) electrons. The Kier molecular flexibility index (Phi) is 4.80. The number of Topliss-reactive ketones (excluding diaryl/α,β-unsaturated/α-hetero) is 2. The zero-order valence-electron chi connectivity index (χ0n) is 14.1. The predicted octanol–water partition coefficient (Wildman–Crippen LogP) is 2.78. The van der Waals surface area contributed by atoms with Gasteiger partial charge in [0.2, 0.25) is 5.16 Å². The van der Waals surface area contributed by atoms with Gasteiger partial charge in [-0.25, -0.2) is 0 Å². The Bertz CT molecular complexity index is 930. The quantitative estimate of drug-likeness (QED) is 0.540.